The highest BCUT2D eigenvalue weighted by Gasteiger charge is 2.20. The number of nitrogens with one attached hydrogen (secondary N) is 2. The second-order valence-electron chi connectivity index (χ2n) is 8.43. The summed E-state index contributed by atoms with van der Waals surface area (Å²) >= 11 is 0. The van der Waals surface area contributed by atoms with Crippen LogP contribution in [0.1, 0.15) is 12.8 Å². The van der Waals surface area contributed by atoms with Gasteiger partial charge in [0.25, 0.3) is 11.8 Å². The number of nitrogens with zero attached hydrogens (tertiary/aromatic N) is 4. The lowest BCUT2D eigenvalue weighted by Crippen LogP contribution is -3.14. The van der Waals surface area contributed by atoms with Crippen LogP contribution < -0.4 is 32.7 Å². The van der Waals surface area contributed by atoms with Gasteiger partial charge in [-0.3, -0.25) is 29.0 Å². The Morgan fingerprint density at radius 2 is 0.850 bits per heavy atom. The van der Waals surface area contributed by atoms with Crippen molar-refractivity contribution in [2.45, 2.75) is 12.8 Å². The van der Waals surface area contributed by atoms with E-state index < -0.39 is 22.0 Å². The molecule has 0 spiro atoms. The van der Waals surface area contributed by atoms with Crippen LogP contribution in [0.2, 0.25) is 0 Å². The molecule has 1 saturated heterocycles. The molecule has 2 atom stereocenters. The predicted molar refractivity (Wildman–Crippen MR) is 138 cm³/mol. The minimum Gasteiger partial charge on any atom is -0.412 e. The first-order valence-electron chi connectivity index (χ1n) is 11.5. The standard InChI is InChI=1S/C18H36N8O4.2NO3.2H2O/c19-15(27)11-23-3-1-4-24(12-16(20)28)8-10-26(14-18(22)30)6-2-5-25(9-7-23)13-17(21)29;2*2-1(3)4;;/h1-14H2,(H2,19,27)(H2,20,28)(H2,21,29)(H2,22,30);;;2*1H2/q;2*-1;;/p+2. The maximum atomic E-state index is 11.4. The number of quaternary nitrogens is 2. The molecule has 1 fully saturated rings. The minimum atomic E-state index is -1.75. The lowest BCUT2D eigenvalue weighted by molar-refractivity contribution is -0.893. The summed E-state index contributed by atoms with van der Waals surface area (Å²) in [5.41, 5.74) is 21.5. The van der Waals surface area contributed by atoms with Gasteiger partial charge >= 0.3 is 0 Å². The normalized spacial score (nSPS) is 18.7. The lowest BCUT2D eigenvalue weighted by atomic mass is 10.2. The van der Waals surface area contributed by atoms with Gasteiger partial charge < -0.3 is 74.3 Å². The van der Waals surface area contributed by atoms with Crippen molar-refractivity contribution in [3.63, 3.8) is 0 Å². The van der Waals surface area contributed by atoms with Crippen molar-refractivity contribution in [3.8, 4) is 0 Å². The van der Waals surface area contributed by atoms with E-state index >= 15 is 0 Å². The third-order valence-corrected chi connectivity index (χ3v) is 5.18. The van der Waals surface area contributed by atoms with E-state index in [1.807, 2.05) is 9.80 Å². The Bertz CT molecular complexity index is 658. The Labute approximate surface area is 229 Å². The molecule has 14 N–H and O–H groups in total. The SMILES string of the molecule is NC(=O)CN1CCC[NH+](CC(N)=O)CCN(CC(N)=O)CCC[NH+](CC(N)=O)CC1.O.O.O=[N+]([O-])[O-].O=[N+]([O-])[O-]. The molecule has 4 amide bonds. The van der Waals surface area contributed by atoms with Gasteiger partial charge in [-0.1, -0.05) is 0 Å². The van der Waals surface area contributed by atoms with Gasteiger partial charge in [-0.25, -0.2) is 0 Å². The van der Waals surface area contributed by atoms with Gasteiger partial charge in [0.15, 0.2) is 13.1 Å². The summed E-state index contributed by atoms with van der Waals surface area (Å²) in [6, 6.07) is 0. The number of nitrogens with two attached hydrogens (primary N) is 4. The fourth-order valence-electron chi connectivity index (χ4n) is 3.81. The largest absolute Gasteiger partial charge is 0.412 e. The highest BCUT2D eigenvalue weighted by molar-refractivity contribution is 5.76. The zero-order chi connectivity index (χ0) is 29.7. The van der Waals surface area contributed by atoms with Crippen LogP contribution in [0.25, 0.3) is 0 Å². The molecule has 236 valence electrons. The van der Waals surface area contributed by atoms with Crippen LogP contribution in [0.15, 0.2) is 0 Å². The zero-order valence-electron chi connectivity index (χ0n) is 22.1. The van der Waals surface area contributed by atoms with Crippen molar-refractivity contribution in [1.82, 2.24) is 9.80 Å². The first-order valence-corrected chi connectivity index (χ1v) is 11.5. The Hall–Kier alpha value is -3.96. The first-order chi connectivity index (χ1) is 17.6. The molecule has 1 aliphatic heterocycles. The van der Waals surface area contributed by atoms with Gasteiger partial charge in [-0.2, -0.15) is 0 Å². The molecule has 22 heteroatoms. The van der Waals surface area contributed by atoms with Crippen molar-refractivity contribution in [3.05, 3.63) is 30.6 Å². The van der Waals surface area contributed by atoms with E-state index in [9.17, 15) is 19.2 Å². The number of hydrogen-bond acceptors (Lipinski definition) is 12. The van der Waals surface area contributed by atoms with Gasteiger partial charge in [0, 0.05) is 39.0 Å². The maximum Gasteiger partial charge on any atom is 0.272 e. The van der Waals surface area contributed by atoms with E-state index in [4.69, 9.17) is 53.6 Å². The molecule has 0 saturated carbocycles. The molecule has 0 aromatic rings. The second-order valence-corrected chi connectivity index (χ2v) is 8.43. The Balaban J connectivity index is -0.000000570. The van der Waals surface area contributed by atoms with E-state index in [0.717, 1.165) is 22.6 Å². The highest BCUT2D eigenvalue weighted by atomic mass is 16.9. The summed E-state index contributed by atoms with van der Waals surface area (Å²) in [5.74, 6) is -1.58. The van der Waals surface area contributed by atoms with Crippen molar-refractivity contribution in [2.24, 2.45) is 22.9 Å². The highest BCUT2D eigenvalue weighted by Crippen LogP contribution is 1.92. The Morgan fingerprint density at radius 1 is 0.575 bits per heavy atom. The molecule has 1 heterocycles. The fraction of sp³-hybridized carbons (Fsp3) is 0.778. The predicted octanol–water partition coefficient (Wildman–Crippen LogP) is -9.03. The summed E-state index contributed by atoms with van der Waals surface area (Å²) in [6.07, 6.45) is 1.49. The molecule has 0 aromatic heterocycles. The van der Waals surface area contributed by atoms with Gasteiger partial charge in [-0.05, 0) is 0 Å². The van der Waals surface area contributed by atoms with Crippen LogP contribution in [0, 0.1) is 30.6 Å². The topological polar surface area (TPSA) is 383 Å². The second kappa shape index (κ2) is 25.3. The molecule has 1 rings (SSSR count). The molecular formula is C18H42N10O12. The number of primary amides is 4. The van der Waals surface area contributed by atoms with Crippen LogP contribution >= 0.6 is 0 Å². The van der Waals surface area contributed by atoms with Gasteiger partial charge in [-0.15, -0.1) is 0 Å². The van der Waals surface area contributed by atoms with Crippen molar-refractivity contribution >= 4 is 23.6 Å². The fourth-order valence-corrected chi connectivity index (χ4v) is 3.81. The third kappa shape index (κ3) is 32.1. The number of carbonyl (C=O) groups excluding carboxylic acids is 4. The van der Waals surface area contributed by atoms with E-state index in [0.29, 0.717) is 52.4 Å². The summed E-state index contributed by atoms with van der Waals surface area (Å²) in [5, 5.41) is 29.5. The molecule has 40 heavy (non-hydrogen) atoms. The molecule has 0 aromatic carbocycles. The van der Waals surface area contributed by atoms with Gasteiger partial charge in [0.1, 0.15) is 0 Å². The van der Waals surface area contributed by atoms with Gasteiger partial charge in [0.05, 0.1) is 49.4 Å². The van der Waals surface area contributed by atoms with E-state index in [-0.39, 0.29) is 48.9 Å². The van der Waals surface area contributed by atoms with Crippen molar-refractivity contribution < 1.29 is 50.1 Å². The van der Waals surface area contributed by atoms with Crippen LogP contribution in [-0.2, 0) is 19.2 Å². The number of carbonyl (C=O) groups is 4. The number of amides is 4. The van der Waals surface area contributed by atoms with Crippen LogP contribution in [0.3, 0.4) is 0 Å². The monoisotopic (exact) mass is 590 g/mol. The van der Waals surface area contributed by atoms with E-state index in [1.54, 1.807) is 0 Å². The summed E-state index contributed by atoms with van der Waals surface area (Å²) in [6.45, 7) is 5.84. The smallest absolute Gasteiger partial charge is 0.272 e. The van der Waals surface area contributed by atoms with Crippen molar-refractivity contribution in [2.75, 3.05) is 78.5 Å². The van der Waals surface area contributed by atoms with Crippen LogP contribution in [0.4, 0.5) is 0 Å². The average molecular weight is 591 g/mol. The molecule has 0 bridgehead atoms. The summed E-state index contributed by atoms with van der Waals surface area (Å²) in [4.78, 5) is 68.2. The van der Waals surface area contributed by atoms with Gasteiger partial charge in [0.2, 0.25) is 11.8 Å². The minimum absolute atomic E-state index is 0. The molecule has 1 aliphatic rings. The number of hydrogen-bond donors (Lipinski definition) is 6. The number of rotatable bonds is 8. The molecule has 0 aliphatic carbocycles. The summed E-state index contributed by atoms with van der Waals surface area (Å²) < 4.78 is 0. The Kier molecular flexibility index (Phi) is 27.3. The van der Waals surface area contributed by atoms with Crippen LogP contribution in [-0.4, -0.2) is 133 Å². The molecule has 2 unspecified atom stereocenters. The Morgan fingerprint density at radius 3 is 1.07 bits per heavy atom. The van der Waals surface area contributed by atoms with Crippen molar-refractivity contribution in [1.29, 1.82) is 0 Å². The first kappa shape index (κ1) is 43.1. The lowest BCUT2D eigenvalue weighted by Gasteiger charge is -2.28. The average Bonchev–Trinajstić information content (AvgIpc) is 2.72. The summed E-state index contributed by atoms with van der Waals surface area (Å²) in [7, 11) is 0. The maximum absolute atomic E-state index is 11.4. The van der Waals surface area contributed by atoms with E-state index in [2.05, 4.69) is 0 Å². The molecule has 0 radical (unpaired) electrons. The molecule has 22 nitrogen and oxygen atoms in total. The zero-order valence-corrected chi connectivity index (χ0v) is 22.1. The van der Waals surface area contributed by atoms with E-state index in [1.165, 1.54) is 0 Å². The molecular weight excluding hydrogens is 548 g/mol. The van der Waals surface area contributed by atoms with Crippen LogP contribution in [0.5, 0.6) is 0 Å². The quantitative estimate of drug-likeness (QED) is 0.113. The third-order valence-electron chi connectivity index (χ3n) is 5.18.